The molecule has 302 valence electrons. The van der Waals surface area contributed by atoms with Crippen molar-refractivity contribution < 1.29 is 4.42 Å². The standard InChI is InChI=1S/C63H39NO/c1-2-18-40(19-3-1)42-22-14-23-43(38-42)64(57-35-16-34-56-60(57)50-29-10-13-33-55(50)63(56)53-31-11-8-26-47(53)48-27-9-12-32-54(48)63)58-36-17-37-59-61(58)52-39-51(46-25-6-7-28-49(46)62(52)65-59)45-30-15-21-41-20-4-5-24-44(41)45/h1-39H. The predicted molar refractivity (Wildman–Crippen MR) is 271 cm³/mol. The van der Waals surface area contributed by atoms with Crippen molar-refractivity contribution in [2.45, 2.75) is 5.41 Å². The minimum atomic E-state index is -0.479. The van der Waals surface area contributed by atoms with Crippen molar-refractivity contribution >= 4 is 60.5 Å². The van der Waals surface area contributed by atoms with E-state index < -0.39 is 5.41 Å². The summed E-state index contributed by atoms with van der Waals surface area (Å²) in [6, 6.07) is 87.0. The Kier molecular flexibility index (Phi) is 7.64. The summed E-state index contributed by atoms with van der Waals surface area (Å²) in [5.41, 5.74) is 19.6. The first kappa shape index (κ1) is 36.1. The Bertz CT molecular complexity index is 3860. The molecule has 2 aliphatic rings. The van der Waals surface area contributed by atoms with Crippen molar-refractivity contribution in [2.24, 2.45) is 0 Å². The predicted octanol–water partition coefficient (Wildman–Crippen LogP) is 17.0. The highest BCUT2D eigenvalue weighted by Crippen LogP contribution is 2.65. The van der Waals surface area contributed by atoms with Gasteiger partial charge in [0, 0.05) is 22.0 Å². The Morgan fingerprint density at radius 3 is 1.69 bits per heavy atom. The van der Waals surface area contributed by atoms with Crippen LogP contribution in [0.25, 0.3) is 88.0 Å². The Labute approximate surface area is 376 Å². The van der Waals surface area contributed by atoms with Gasteiger partial charge < -0.3 is 9.32 Å². The second kappa shape index (κ2) is 13.8. The summed E-state index contributed by atoms with van der Waals surface area (Å²) in [6.45, 7) is 0. The lowest BCUT2D eigenvalue weighted by Gasteiger charge is -2.32. The molecule has 1 heterocycles. The first-order valence-corrected chi connectivity index (χ1v) is 22.5. The van der Waals surface area contributed by atoms with Crippen LogP contribution >= 0.6 is 0 Å². The van der Waals surface area contributed by atoms with Gasteiger partial charge in [-0.2, -0.15) is 0 Å². The lowest BCUT2D eigenvalue weighted by Crippen LogP contribution is -2.26. The maximum absolute atomic E-state index is 7.08. The molecule has 65 heavy (non-hydrogen) atoms. The molecule has 2 aliphatic carbocycles. The SMILES string of the molecule is c1ccc(-c2cccc(N(c3cccc4c3-c3ccccc3C43c4ccccc4-c4ccccc43)c3cccc4oc5c6ccccc6c(-c6cccc7ccccc67)cc5c34)c2)cc1. The number of rotatable bonds is 5. The second-order valence-corrected chi connectivity index (χ2v) is 17.5. The molecule has 0 unspecified atom stereocenters. The van der Waals surface area contributed by atoms with Crippen LogP contribution in [0.15, 0.2) is 241 Å². The molecule has 2 heteroatoms. The molecule has 0 bridgehead atoms. The molecule has 0 saturated heterocycles. The maximum atomic E-state index is 7.08. The zero-order valence-corrected chi connectivity index (χ0v) is 35.4. The van der Waals surface area contributed by atoms with Gasteiger partial charge in [0.1, 0.15) is 11.2 Å². The van der Waals surface area contributed by atoms with Crippen LogP contribution in [0.2, 0.25) is 0 Å². The first-order chi connectivity index (χ1) is 32.3. The fourth-order valence-corrected chi connectivity index (χ4v) is 11.7. The molecule has 0 amide bonds. The maximum Gasteiger partial charge on any atom is 0.143 e. The van der Waals surface area contributed by atoms with E-state index in [-0.39, 0.29) is 0 Å². The lowest BCUT2D eigenvalue weighted by atomic mass is 9.70. The number of hydrogen-bond donors (Lipinski definition) is 0. The van der Waals surface area contributed by atoms with Gasteiger partial charge in [-0.15, -0.1) is 0 Å². The fraction of sp³-hybridized carbons (Fsp3) is 0.0159. The highest BCUT2D eigenvalue weighted by Gasteiger charge is 2.52. The number of hydrogen-bond acceptors (Lipinski definition) is 2. The van der Waals surface area contributed by atoms with Crippen molar-refractivity contribution in [1.29, 1.82) is 0 Å². The lowest BCUT2D eigenvalue weighted by molar-refractivity contribution is 0.672. The Morgan fingerprint density at radius 2 is 0.892 bits per heavy atom. The average molecular weight is 826 g/mol. The van der Waals surface area contributed by atoms with Gasteiger partial charge in [0.25, 0.3) is 0 Å². The van der Waals surface area contributed by atoms with E-state index in [0.29, 0.717) is 0 Å². The number of furan rings is 1. The first-order valence-electron chi connectivity index (χ1n) is 22.5. The third-order valence-corrected chi connectivity index (χ3v) is 14.3. The van der Waals surface area contributed by atoms with E-state index in [1.54, 1.807) is 0 Å². The van der Waals surface area contributed by atoms with E-state index in [2.05, 4.69) is 241 Å². The van der Waals surface area contributed by atoms with Crippen molar-refractivity contribution in [2.75, 3.05) is 4.90 Å². The number of fused-ring (bicyclic) bond motifs is 16. The van der Waals surface area contributed by atoms with Gasteiger partial charge in [-0.1, -0.05) is 200 Å². The van der Waals surface area contributed by atoms with E-state index >= 15 is 0 Å². The van der Waals surface area contributed by atoms with Crippen LogP contribution in [-0.2, 0) is 5.41 Å². The molecule has 0 fully saturated rings. The minimum absolute atomic E-state index is 0.479. The summed E-state index contributed by atoms with van der Waals surface area (Å²) in [5.74, 6) is 0. The summed E-state index contributed by atoms with van der Waals surface area (Å²) in [5, 5.41) is 6.89. The molecule has 0 atom stereocenters. The number of nitrogens with zero attached hydrogens (tertiary/aromatic N) is 1. The van der Waals surface area contributed by atoms with Crippen LogP contribution in [0.3, 0.4) is 0 Å². The van der Waals surface area contributed by atoms with Gasteiger partial charge in [-0.3, -0.25) is 0 Å². The summed E-state index contributed by atoms with van der Waals surface area (Å²) in [7, 11) is 0. The summed E-state index contributed by atoms with van der Waals surface area (Å²) in [6.07, 6.45) is 0. The molecular weight excluding hydrogens is 787 g/mol. The van der Waals surface area contributed by atoms with Crippen LogP contribution < -0.4 is 4.90 Å². The molecule has 1 aromatic heterocycles. The van der Waals surface area contributed by atoms with Gasteiger partial charge in [-0.05, 0) is 114 Å². The molecular formula is C63H39NO. The molecule has 0 N–H and O–H groups in total. The normalized spacial score (nSPS) is 13.0. The van der Waals surface area contributed by atoms with Crippen molar-refractivity contribution in [3.63, 3.8) is 0 Å². The third kappa shape index (κ3) is 4.99. The van der Waals surface area contributed by atoms with Crippen molar-refractivity contribution in [3.05, 3.63) is 259 Å². The van der Waals surface area contributed by atoms with Crippen LogP contribution in [0, 0.1) is 0 Å². The fourth-order valence-electron chi connectivity index (χ4n) is 11.7. The molecule has 12 aromatic rings. The summed E-state index contributed by atoms with van der Waals surface area (Å²) in [4.78, 5) is 2.51. The van der Waals surface area contributed by atoms with Crippen LogP contribution in [0.1, 0.15) is 22.3 Å². The molecule has 0 saturated carbocycles. The van der Waals surface area contributed by atoms with Crippen LogP contribution in [0.4, 0.5) is 17.1 Å². The molecule has 11 aromatic carbocycles. The largest absolute Gasteiger partial charge is 0.455 e. The van der Waals surface area contributed by atoms with Crippen molar-refractivity contribution in [1.82, 2.24) is 0 Å². The monoisotopic (exact) mass is 825 g/mol. The zero-order valence-electron chi connectivity index (χ0n) is 35.4. The molecule has 0 aliphatic heterocycles. The van der Waals surface area contributed by atoms with E-state index in [4.69, 9.17) is 4.42 Å². The number of anilines is 3. The van der Waals surface area contributed by atoms with Crippen LogP contribution in [-0.4, -0.2) is 0 Å². The van der Waals surface area contributed by atoms with Crippen LogP contribution in [0.5, 0.6) is 0 Å². The Hall–Kier alpha value is -8.46. The highest BCUT2D eigenvalue weighted by atomic mass is 16.3. The van der Waals surface area contributed by atoms with Crippen molar-refractivity contribution in [3.8, 4) is 44.5 Å². The third-order valence-electron chi connectivity index (χ3n) is 14.3. The molecule has 1 spiro atoms. The van der Waals surface area contributed by atoms with E-state index in [0.717, 1.165) is 50.0 Å². The van der Waals surface area contributed by atoms with Gasteiger partial charge in [-0.25, -0.2) is 0 Å². The topological polar surface area (TPSA) is 16.4 Å². The Morgan fingerprint density at radius 1 is 0.338 bits per heavy atom. The van der Waals surface area contributed by atoms with Gasteiger partial charge in [0.05, 0.1) is 22.2 Å². The zero-order chi connectivity index (χ0) is 42.6. The molecule has 2 nitrogen and oxygen atoms in total. The van der Waals surface area contributed by atoms with Gasteiger partial charge in [0.15, 0.2) is 0 Å². The second-order valence-electron chi connectivity index (χ2n) is 17.5. The van der Waals surface area contributed by atoms with Gasteiger partial charge >= 0.3 is 0 Å². The van der Waals surface area contributed by atoms with E-state index in [1.807, 2.05) is 0 Å². The highest BCUT2D eigenvalue weighted by molar-refractivity contribution is 6.24. The summed E-state index contributed by atoms with van der Waals surface area (Å²) < 4.78 is 7.08. The molecule has 14 rings (SSSR count). The number of benzene rings is 11. The smallest absolute Gasteiger partial charge is 0.143 e. The Balaban J connectivity index is 1.10. The summed E-state index contributed by atoms with van der Waals surface area (Å²) >= 11 is 0. The molecule has 0 radical (unpaired) electrons. The van der Waals surface area contributed by atoms with E-state index in [9.17, 15) is 0 Å². The van der Waals surface area contributed by atoms with Gasteiger partial charge in [0.2, 0.25) is 0 Å². The average Bonchev–Trinajstić information content (AvgIpc) is 4.02. The van der Waals surface area contributed by atoms with E-state index in [1.165, 1.54) is 77.4 Å². The minimum Gasteiger partial charge on any atom is -0.455 e. The quantitative estimate of drug-likeness (QED) is 0.172.